The molecule has 254 valence electrons. The van der Waals surface area contributed by atoms with Gasteiger partial charge in [-0.05, 0) is 30.7 Å². The van der Waals surface area contributed by atoms with Crippen molar-refractivity contribution in [3.63, 3.8) is 0 Å². The van der Waals surface area contributed by atoms with Crippen LogP contribution in [0.2, 0.25) is 0 Å². The summed E-state index contributed by atoms with van der Waals surface area (Å²) >= 11 is 1.93. The number of hydrogen-bond donors (Lipinski definition) is 4. The molecular weight excluding hydrogens is 746 g/mol. The third-order valence-corrected chi connectivity index (χ3v) is 9.78. The number of nitrogens with two attached hydrogens (primary N) is 1. The summed E-state index contributed by atoms with van der Waals surface area (Å²) in [5.74, 6) is -0.408. The Bertz CT molecular complexity index is 1830. The van der Waals surface area contributed by atoms with Crippen LogP contribution in [0, 0.1) is 9.25 Å². The summed E-state index contributed by atoms with van der Waals surface area (Å²) < 4.78 is 44.9. The fraction of sp³-hybridized carbons (Fsp3) is 0.467. The fourth-order valence-corrected chi connectivity index (χ4v) is 7.25. The summed E-state index contributed by atoms with van der Waals surface area (Å²) in [4.78, 5) is 25.6. The predicted molar refractivity (Wildman–Crippen MR) is 181 cm³/mol. The molecule has 2 aromatic carbocycles. The number of aliphatic hydroxyl groups is 2. The minimum Gasteiger partial charge on any atom is -0.479 e. The second-order valence-corrected chi connectivity index (χ2v) is 15.3. The highest BCUT2D eigenvalue weighted by Gasteiger charge is 2.55. The lowest BCUT2D eigenvalue weighted by Gasteiger charge is -2.28. The van der Waals surface area contributed by atoms with Gasteiger partial charge in [0.1, 0.15) is 29.6 Å². The molecule has 5 rings (SSSR count). The van der Waals surface area contributed by atoms with E-state index >= 15 is 0 Å². The van der Waals surface area contributed by atoms with Crippen LogP contribution < -0.4 is 20.1 Å². The standard InChI is InChI=1S/C30H38IN6O9P/c1-16(25(39)43-15-29(2,3)4)36-47(41,46-19-13-9-11-17-10-7-8-12-18(17)19)44-14-20-22(38)30(5,40)26(45-20)37-23-21(33-27(37)31)24(42-6)35-28(32)34-23/h7-13,16,20,22,26,38,40H,14-15H2,1-6H3,(H,36,41)(H2,32,34,35)/t16-,20+,22+,26+,30+,47?/m0/s1. The van der Waals surface area contributed by atoms with Crippen LogP contribution in [-0.2, 0) is 23.4 Å². The minimum atomic E-state index is -4.38. The van der Waals surface area contributed by atoms with Crippen LogP contribution in [0.1, 0.15) is 40.8 Å². The van der Waals surface area contributed by atoms with Gasteiger partial charge in [-0.3, -0.25) is 13.9 Å². The monoisotopic (exact) mass is 784 g/mol. The summed E-state index contributed by atoms with van der Waals surface area (Å²) in [5.41, 5.74) is 4.16. The average molecular weight is 785 g/mol. The van der Waals surface area contributed by atoms with Gasteiger partial charge in [0, 0.05) is 28.0 Å². The number of anilines is 1. The summed E-state index contributed by atoms with van der Waals surface area (Å²) in [6, 6.07) is 11.4. The first-order valence-electron chi connectivity index (χ1n) is 14.7. The van der Waals surface area contributed by atoms with Crippen LogP contribution >= 0.6 is 30.3 Å². The van der Waals surface area contributed by atoms with Gasteiger partial charge in [-0.15, -0.1) is 0 Å². The molecule has 2 aromatic heterocycles. The van der Waals surface area contributed by atoms with Gasteiger partial charge in [0.15, 0.2) is 21.2 Å². The third kappa shape index (κ3) is 7.48. The Balaban J connectivity index is 1.42. The zero-order valence-electron chi connectivity index (χ0n) is 26.7. The van der Waals surface area contributed by atoms with Crippen molar-refractivity contribution in [3.8, 4) is 11.6 Å². The lowest BCUT2D eigenvalue weighted by Crippen LogP contribution is -2.45. The smallest absolute Gasteiger partial charge is 0.459 e. The van der Waals surface area contributed by atoms with Crippen molar-refractivity contribution in [3.05, 3.63) is 46.3 Å². The van der Waals surface area contributed by atoms with Gasteiger partial charge in [-0.1, -0.05) is 57.2 Å². The Hall–Kier alpha value is -3.12. The number of ether oxygens (including phenoxy) is 3. The van der Waals surface area contributed by atoms with Gasteiger partial charge in [-0.2, -0.15) is 15.1 Å². The molecule has 5 N–H and O–H groups in total. The SMILES string of the molecule is COc1nc(N)nc2c1nc(I)n2[C@@H]1O[C@H](COP(=O)(N[C@@H](C)C(=O)OCC(C)(C)C)Oc2cccc3ccccc23)[C@@H](O)[C@@]1(C)O. The van der Waals surface area contributed by atoms with Crippen molar-refractivity contribution in [2.45, 2.75) is 64.7 Å². The Morgan fingerprint density at radius 2 is 1.91 bits per heavy atom. The molecule has 1 aliphatic heterocycles. The molecule has 17 heteroatoms. The summed E-state index contributed by atoms with van der Waals surface area (Å²) in [5, 5.41) is 26.9. The van der Waals surface area contributed by atoms with Crippen LogP contribution in [0.3, 0.4) is 0 Å². The van der Waals surface area contributed by atoms with Gasteiger partial charge < -0.3 is 34.7 Å². The van der Waals surface area contributed by atoms with Gasteiger partial charge in [0.05, 0.1) is 20.3 Å². The first-order valence-corrected chi connectivity index (χ1v) is 17.3. The Kier molecular flexibility index (Phi) is 10.0. The predicted octanol–water partition coefficient (Wildman–Crippen LogP) is 3.96. The van der Waals surface area contributed by atoms with Crippen molar-refractivity contribution >= 4 is 64.2 Å². The number of aromatic nitrogens is 4. The average Bonchev–Trinajstić information content (AvgIpc) is 3.44. The number of methoxy groups -OCH3 is 1. The number of rotatable bonds is 11. The van der Waals surface area contributed by atoms with E-state index in [0.717, 1.165) is 5.39 Å². The van der Waals surface area contributed by atoms with Crippen LogP contribution in [0.5, 0.6) is 11.6 Å². The van der Waals surface area contributed by atoms with Crippen LogP contribution in [0.4, 0.5) is 5.95 Å². The number of hydrogen-bond acceptors (Lipinski definition) is 13. The fourth-order valence-electron chi connectivity index (χ4n) is 5.01. The van der Waals surface area contributed by atoms with Crippen molar-refractivity contribution in [2.24, 2.45) is 5.41 Å². The number of nitrogens with one attached hydrogen (secondary N) is 1. The van der Waals surface area contributed by atoms with E-state index in [4.69, 9.17) is 29.0 Å². The number of halogens is 1. The summed E-state index contributed by atoms with van der Waals surface area (Å²) in [6.45, 7) is 8.21. The van der Waals surface area contributed by atoms with E-state index in [2.05, 4.69) is 20.0 Å². The van der Waals surface area contributed by atoms with Gasteiger partial charge in [0.2, 0.25) is 11.8 Å². The Morgan fingerprint density at radius 1 is 1.21 bits per heavy atom. The molecule has 0 bridgehead atoms. The van der Waals surface area contributed by atoms with Crippen molar-refractivity contribution in [2.75, 3.05) is 26.1 Å². The molecule has 47 heavy (non-hydrogen) atoms. The number of benzene rings is 2. The zero-order valence-corrected chi connectivity index (χ0v) is 29.8. The zero-order chi connectivity index (χ0) is 34.3. The van der Waals surface area contributed by atoms with E-state index in [1.807, 2.05) is 61.6 Å². The Morgan fingerprint density at radius 3 is 2.62 bits per heavy atom. The number of esters is 1. The van der Waals surface area contributed by atoms with E-state index in [1.165, 1.54) is 25.5 Å². The maximum absolute atomic E-state index is 14.4. The molecule has 0 radical (unpaired) electrons. The number of aliphatic hydroxyl groups excluding tert-OH is 1. The molecule has 0 saturated carbocycles. The largest absolute Gasteiger partial charge is 0.479 e. The molecule has 0 amide bonds. The molecule has 1 fully saturated rings. The molecule has 4 aromatic rings. The van der Waals surface area contributed by atoms with Gasteiger partial charge in [-0.25, -0.2) is 9.55 Å². The molecule has 1 unspecified atom stereocenters. The second-order valence-electron chi connectivity index (χ2n) is 12.6. The van der Waals surface area contributed by atoms with E-state index in [1.54, 1.807) is 24.3 Å². The van der Waals surface area contributed by atoms with Crippen LogP contribution in [0.15, 0.2) is 42.5 Å². The summed E-state index contributed by atoms with van der Waals surface area (Å²) in [6.07, 6.45) is -4.00. The van der Waals surface area contributed by atoms with Crippen LogP contribution in [-0.4, -0.2) is 79.9 Å². The second kappa shape index (κ2) is 13.4. The van der Waals surface area contributed by atoms with Crippen molar-refractivity contribution in [1.82, 2.24) is 24.6 Å². The molecular formula is C30H38IN6O9P. The van der Waals surface area contributed by atoms with E-state index in [9.17, 15) is 19.6 Å². The number of fused-ring (bicyclic) bond motifs is 2. The number of imidazole rings is 1. The third-order valence-electron chi connectivity index (χ3n) is 7.39. The molecule has 1 aliphatic rings. The van der Waals surface area contributed by atoms with Gasteiger partial charge in [0.25, 0.3) is 0 Å². The molecule has 1 saturated heterocycles. The first-order chi connectivity index (χ1) is 22.0. The first kappa shape index (κ1) is 35.2. The maximum Gasteiger partial charge on any atom is 0.459 e. The normalized spacial score (nSPS) is 23.5. The molecule has 0 aliphatic carbocycles. The highest BCUT2D eigenvalue weighted by Crippen LogP contribution is 2.49. The van der Waals surface area contributed by atoms with Crippen molar-refractivity contribution < 1.29 is 42.8 Å². The highest BCUT2D eigenvalue weighted by molar-refractivity contribution is 14.1. The molecule has 15 nitrogen and oxygen atoms in total. The molecule has 3 heterocycles. The van der Waals surface area contributed by atoms with E-state index < -0.39 is 50.4 Å². The lowest BCUT2D eigenvalue weighted by molar-refractivity contribution is -0.148. The van der Waals surface area contributed by atoms with Gasteiger partial charge >= 0.3 is 13.7 Å². The minimum absolute atomic E-state index is 0.0993. The van der Waals surface area contributed by atoms with E-state index in [-0.39, 0.29) is 40.8 Å². The topological polar surface area (TPSA) is 202 Å². The van der Waals surface area contributed by atoms with Crippen LogP contribution in [0.25, 0.3) is 21.9 Å². The summed E-state index contributed by atoms with van der Waals surface area (Å²) in [7, 11) is -2.98. The number of nitrogen functional groups attached to an aromatic ring is 1. The maximum atomic E-state index is 14.4. The lowest BCUT2D eigenvalue weighted by atomic mass is 9.96. The molecule has 6 atom stereocenters. The van der Waals surface area contributed by atoms with E-state index in [0.29, 0.717) is 9.22 Å². The Labute approximate surface area is 284 Å². The number of carbonyl (C=O) groups excluding carboxylic acids is 1. The number of carbonyl (C=O) groups is 1. The molecule has 0 spiro atoms. The number of nitrogens with zero attached hydrogens (tertiary/aromatic N) is 4. The highest BCUT2D eigenvalue weighted by atomic mass is 127. The van der Waals surface area contributed by atoms with Crippen molar-refractivity contribution in [1.29, 1.82) is 0 Å². The quantitative estimate of drug-likeness (QED) is 0.0737.